The quantitative estimate of drug-likeness (QED) is 0.718. The zero-order chi connectivity index (χ0) is 15.2. The molecule has 7 heteroatoms. The Morgan fingerprint density at radius 2 is 2.14 bits per heavy atom. The number of nitrogens with one attached hydrogen (secondary N) is 2. The van der Waals surface area contributed by atoms with Gasteiger partial charge < -0.3 is 15.4 Å². The number of rotatable bonds is 7. The van der Waals surface area contributed by atoms with Crippen LogP contribution in [0.4, 0.5) is 0 Å². The van der Waals surface area contributed by atoms with Gasteiger partial charge in [-0.1, -0.05) is 0 Å². The van der Waals surface area contributed by atoms with Gasteiger partial charge in [0.1, 0.15) is 5.56 Å². The van der Waals surface area contributed by atoms with Crippen LogP contribution in [0, 0.1) is 13.8 Å². The lowest BCUT2D eigenvalue weighted by atomic mass is 10.3. The van der Waals surface area contributed by atoms with E-state index in [1.54, 1.807) is 17.8 Å². The van der Waals surface area contributed by atoms with Crippen LogP contribution in [0.2, 0.25) is 0 Å². The van der Waals surface area contributed by atoms with Gasteiger partial charge in [-0.25, -0.2) is 9.50 Å². The molecule has 0 spiro atoms. The van der Waals surface area contributed by atoms with E-state index in [4.69, 9.17) is 4.74 Å². The maximum absolute atomic E-state index is 12.2. The molecular formula is C14H21N5O2. The Morgan fingerprint density at radius 3 is 2.90 bits per heavy atom. The molecule has 2 heterocycles. The molecular weight excluding hydrogens is 270 g/mol. The summed E-state index contributed by atoms with van der Waals surface area (Å²) >= 11 is 0. The summed E-state index contributed by atoms with van der Waals surface area (Å²) in [5.41, 5.74) is 2.92. The number of methoxy groups -OCH3 is 1. The SMILES string of the molecule is COCCNCCNC(=O)c1cnn2c(C)cc(C)nc12. The number of hydrogen-bond acceptors (Lipinski definition) is 5. The van der Waals surface area contributed by atoms with Gasteiger partial charge in [-0.05, 0) is 19.9 Å². The zero-order valence-electron chi connectivity index (χ0n) is 12.6. The molecule has 2 rings (SSSR count). The molecule has 2 aromatic heterocycles. The number of carbonyl (C=O) groups is 1. The molecule has 0 aromatic carbocycles. The van der Waals surface area contributed by atoms with Crippen molar-refractivity contribution in [3.05, 3.63) is 29.2 Å². The lowest BCUT2D eigenvalue weighted by molar-refractivity contribution is 0.0955. The van der Waals surface area contributed by atoms with Crippen LogP contribution in [0.15, 0.2) is 12.3 Å². The second kappa shape index (κ2) is 7.14. The average molecular weight is 291 g/mol. The second-order valence-corrected chi connectivity index (χ2v) is 4.83. The largest absolute Gasteiger partial charge is 0.383 e. The van der Waals surface area contributed by atoms with Crippen LogP contribution in [0.25, 0.3) is 5.65 Å². The molecule has 0 saturated heterocycles. The highest BCUT2D eigenvalue weighted by Gasteiger charge is 2.14. The molecule has 0 fully saturated rings. The first-order valence-corrected chi connectivity index (χ1v) is 6.93. The Balaban J connectivity index is 1.97. The Morgan fingerprint density at radius 1 is 1.33 bits per heavy atom. The number of aromatic nitrogens is 3. The van der Waals surface area contributed by atoms with Crippen molar-refractivity contribution in [2.24, 2.45) is 0 Å². The van der Waals surface area contributed by atoms with E-state index in [9.17, 15) is 4.79 Å². The normalized spacial score (nSPS) is 11.0. The molecule has 114 valence electrons. The number of nitrogens with zero attached hydrogens (tertiary/aromatic N) is 3. The van der Waals surface area contributed by atoms with E-state index < -0.39 is 0 Å². The summed E-state index contributed by atoms with van der Waals surface area (Å²) in [5.74, 6) is -0.156. The highest BCUT2D eigenvalue weighted by Crippen LogP contribution is 2.11. The van der Waals surface area contributed by atoms with Crippen molar-refractivity contribution in [3.63, 3.8) is 0 Å². The van der Waals surface area contributed by atoms with Crippen LogP contribution in [0.3, 0.4) is 0 Å². The van der Waals surface area contributed by atoms with E-state index in [2.05, 4.69) is 20.7 Å². The fourth-order valence-corrected chi connectivity index (χ4v) is 2.09. The van der Waals surface area contributed by atoms with Crippen molar-refractivity contribution in [1.82, 2.24) is 25.2 Å². The van der Waals surface area contributed by atoms with Crippen LogP contribution < -0.4 is 10.6 Å². The van der Waals surface area contributed by atoms with E-state index in [0.29, 0.717) is 30.9 Å². The maximum atomic E-state index is 12.2. The Labute approximate surface area is 123 Å². The molecule has 0 bridgehead atoms. The molecule has 2 aromatic rings. The van der Waals surface area contributed by atoms with Gasteiger partial charge in [-0.2, -0.15) is 5.10 Å². The first-order chi connectivity index (χ1) is 10.1. The number of ether oxygens (including phenoxy) is 1. The monoisotopic (exact) mass is 291 g/mol. The summed E-state index contributed by atoms with van der Waals surface area (Å²) in [5, 5.41) is 10.2. The lowest BCUT2D eigenvalue weighted by Crippen LogP contribution is -2.33. The first kappa shape index (κ1) is 15.4. The molecule has 0 aliphatic carbocycles. The summed E-state index contributed by atoms with van der Waals surface area (Å²) in [7, 11) is 1.66. The van der Waals surface area contributed by atoms with Gasteiger partial charge in [0, 0.05) is 38.1 Å². The van der Waals surface area contributed by atoms with Gasteiger partial charge in [-0.3, -0.25) is 4.79 Å². The highest BCUT2D eigenvalue weighted by molar-refractivity contribution is 5.99. The van der Waals surface area contributed by atoms with Crippen LogP contribution in [0.1, 0.15) is 21.7 Å². The number of fused-ring (bicyclic) bond motifs is 1. The van der Waals surface area contributed by atoms with Gasteiger partial charge in [-0.15, -0.1) is 0 Å². The third-order valence-corrected chi connectivity index (χ3v) is 3.09. The third kappa shape index (κ3) is 3.77. The van der Waals surface area contributed by atoms with Crippen LogP contribution >= 0.6 is 0 Å². The minimum Gasteiger partial charge on any atom is -0.383 e. The molecule has 0 aliphatic heterocycles. The third-order valence-electron chi connectivity index (χ3n) is 3.09. The summed E-state index contributed by atoms with van der Waals surface area (Å²) in [6.45, 7) is 6.51. The predicted octanol–water partition coefficient (Wildman–Crippen LogP) is 0.312. The fourth-order valence-electron chi connectivity index (χ4n) is 2.09. The van der Waals surface area contributed by atoms with Crippen molar-refractivity contribution < 1.29 is 9.53 Å². The minimum absolute atomic E-state index is 0.156. The second-order valence-electron chi connectivity index (χ2n) is 4.83. The number of hydrogen-bond donors (Lipinski definition) is 2. The van der Waals surface area contributed by atoms with Gasteiger partial charge in [0.05, 0.1) is 12.8 Å². The van der Waals surface area contributed by atoms with E-state index in [-0.39, 0.29) is 5.91 Å². The smallest absolute Gasteiger partial charge is 0.256 e. The number of amides is 1. The van der Waals surface area contributed by atoms with E-state index in [1.807, 2.05) is 19.9 Å². The Kier molecular flexibility index (Phi) is 5.24. The van der Waals surface area contributed by atoms with E-state index in [0.717, 1.165) is 17.9 Å². The van der Waals surface area contributed by atoms with E-state index >= 15 is 0 Å². The molecule has 1 amide bonds. The standard InChI is InChI=1S/C14H21N5O2/c1-10-8-11(2)19-13(18-10)12(9-17-19)14(20)16-5-4-15-6-7-21-3/h8-9,15H,4-7H2,1-3H3,(H,16,20). The van der Waals surface area contributed by atoms with Crippen molar-refractivity contribution in [1.29, 1.82) is 0 Å². The molecule has 21 heavy (non-hydrogen) atoms. The van der Waals surface area contributed by atoms with Gasteiger partial charge in [0.2, 0.25) is 0 Å². The lowest BCUT2D eigenvalue weighted by Gasteiger charge is -2.06. The van der Waals surface area contributed by atoms with Crippen molar-refractivity contribution in [2.75, 3.05) is 33.4 Å². The molecule has 7 nitrogen and oxygen atoms in total. The summed E-state index contributed by atoms with van der Waals surface area (Å²) < 4.78 is 6.61. The predicted molar refractivity (Wildman–Crippen MR) is 79.5 cm³/mol. The molecule has 0 radical (unpaired) electrons. The molecule has 0 unspecified atom stereocenters. The zero-order valence-corrected chi connectivity index (χ0v) is 12.6. The van der Waals surface area contributed by atoms with Crippen molar-refractivity contribution >= 4 is 11.6 Å². The summed E-state index contributed by atoms with van der Waals surface area (Å²) in [4.78, 5) is 16.6. The van der Waals surface area contributed by atoms with Crippen molar-refractivity contribution in [2.45, 2.75) is 13.8 Å². The number of carbonyl (C=O) groups excluding carboxylic acids is 1. The first-order valence-electron chi connectivity index (χ1n) is 6.93. The average Bonchev–Trinajstić information content (AvgIpc) is 2.86. The van der Waals surface area contributed by atoms with Gasteiger partial charge in [0.25, 0.3) is 5.91 Å². The van der Waals surface area contributed by atoms with Crippen molar-refractivity contribution in [3.8, 4) is 0 Å². The molecule has 2 N–H and O–H groups in total. The van der Waals surface area contributed by atoms with Gasteiger partial charge in [0.15, 0.2) is 5.65 Å². The maximum Gasteiger partial charge on any atom is 0.256 e. The number of aryl methyl sites for hydroxylation is 2. The topological polar surface area (TPSA) is 80.5 Å². The molecule has 0 aliphatic rings. The minimum atomic E-state index is -0.156. The Hall–Kier alpha value is -1.99. The fraction of sp³-hybridized carbons (Fsp3) is 0.500. The Bertz CT molecular complexity index is 623. The van der Waals surface area contributed by atoms with Crippen LogP contribution in [-0.2, 0) is 4.74 Å². The van der Waals surface area contributed by atoms with Gasteiger partial charge >= 0.3 is 0 Å². The molecule has 0 atom stereocenters. The highest BCUT2D eigenvalue weighted by atomic mass is 16.5. The summed E-state index contributed by atoms with van der Waals surface area (Å²) in [6.07, 6.45) is 1.56. The van der Waals surface area contributed by atoms with E-state index in [1.165, 1.54) is 0 Å². The van der Waals surface area contributed by atoms with Crippen LogP contribution in [0.5, 0.6) is 0 Å². The molecule has 0 saturated carbocycles. The summed E-state index contributed by atoms with van der Waals surface area (Å²) in [6, 6.07) is 1.93. The van der Waals surface area contributed by atoms with Crippen LogP contribution in [-0.4, -0.2) is 53.9 Å².